The van der Waals surface area contributed by atoms with Crippen LogP contribution in [0.2, 0.25) is 0 Å². The van der Waals surface area contributed by atoms with Gasteiger partial charge in [0.25, 0.3) is 0 Å². The van der Waals surface area contributed by atoms with Gasteiger partial charge in [0, 0.05) is 5.56 Å². The molecule has 0 unspecified atom stereocenters. The Balaban J connectivity index is 1.68. The van der Waals surface area contributed by atoms with Gasteiger partial charge in [-0.1, -0.05) is 64.9 Å². The number of hydrogen-bond donors (Lipinski definition) is 0. The van der Waals surface area contributed by atoms with Crippen molar-refractivity contribution in [2.75, 3.05) is 0 Å². The Hall–Kier alpha value is -1.90. The number of aromatic nitrogens is 2. The molecule has 1 saturated carbocycles. The Morgan fingerprint density at radius 3 is 2.41 bits per heavy atom. The van der Waals surface area contributed by atoms with Gasteiger partial charge in [-0.05, 0) is 86.6 Å². The van der Waals surface area contributed by atoms with Crippen molar-refractivity contribution in [2.45, 2.75) is 116 Å². The number of unbranched alkanes of at least 4 members (excludes halogenated alkanes) is 5. The summed E-state index contributed by atoms with van der Waals surface area (Å²) in [4.78, 5) is 0. The summed E-state index contributed by atoms with van der Waals surface area (Å²) in [5, 5.41) is 8.16. The molecule has 1 aliphatic carbocycles. The highest BCUT2D eigenvalue weighted by Crippen LogP contribution is 2.42. The summed E-state index contributed by atoms with van der Waals surface area (Å²) in [6.07, 6.45) is 21.1. The Labute approximate surface area is 196 Å². The minimum atomic E-state index is 0.250. The second kappa shape index (κ2) is 13.6. The molecule has 32 heavy (non-hydrogen) atoms. The normalized spacial score (nSPS) is 19.6. The zero-order valence-electron chi connectivity index (χ0n) is 20.7. The maximum Gasteiger partial charge on any atom is 0.120 e. The molecule has 1 aromatic carbocycles. The topological polar surface area (TPSA) is 35.0 Å². The molecule has 3 heteroatoms. The van der Waals surface area contributed by atoms with Crippen LogP contribution in [0.25, 0.3) is 11.1 Å². The molecule has 1 aromatic heterocycles. The average molecular weight is 437 g/mol. The molecule has 1 atom stereocenters. The van der Waals surface area contributed by atoms with Gasteiger partial charge in [0.05, 0.1) is 18.5 Å². The van der Waals surface area contributed by atoms with Crippen molar-refractivity contribution in [3.05, 3.63) is 42.2 Å². The molecule has 0 saturated heterocycles. The minimum Gasteiger partial charge on any atom is -0.491 e. The van der Waals surface area contributed by atoms with Crippen molar-refractivity contribution >= 4 is 0 Å². The first kappa shape index (κ1) is 24.7. The summed E-state index contributed by atoms with van der Waals surface area (Å²) < 4.78 is 6.33. The molecule has 0 bridgehead atoms. The van der Waals surface area contributed by atoms with Gasteiger partial charge in [0.15, 0.2) is 0 Å². The maximum atomic E-state index is 6.33. The van der Waals surface area contributed by atoms with Crippen molar-refractivity contribution in [3.8, 4) is 16.9 Å². The third-order valence-corrected chi connectivity index (χ3v) is 7.22. The van der Waals surface area contributed by atoms with E-state index in [0.29, 0.717) is 5.92 Å². The first-order chi connectivity index (χ1) is 15.7. The fourth-order valence-electron chi connectivity index (χ4n) is 5.26. The first-order valence-electron chi connectivity index (χ1n) is 13.3. The molecule has 0 N–H and O–H groups in total. The quantitative estimate of drug-likeness (QED) is 0.294. The SMILES string of the molecule is CCCCCC[C@@H](C)Oc1ccc([C@H]2CC[C@H](CCCCC)CC2)c(-c2ccnnc2)c1. The Bertz CT molecular complexity index is 768. The standard InChI is InChI=1S/C29H44N2O/c1-4-6-8-10-11-23(3)32-27-17-18-28(29(21-27)26-19-20-30-31-22-26)25-15-13-24(14-16-25)12-9-7-5-2/h17-25H,4-16H2,1-3H3/t23-,24-,25-/m1/s1. The number of nitrogens with zero attached hydrogens (tertiary/aromatic N) is 2. The first-order valence-corrected chi connectivity index (χ1v) is 13.3. The van der Waals surface area contributed by atoms with E-state index in [1.54, 1.807) is 6.20 Å². The highest BCUT2D eigenvalue weighted by atomic mass is 16.5. The number of rotatable bonds is 13. The smallest absolute Gasteiger partial charge is 0.120 e. The third-order valence-electron chi connectivity index (χ3n) is 7.22. The second-order valence-electron chi connectivity index (χ2n) is 9.87. The molecular formula is C29H44N2O. The van der Waals surface area contributed by atoms with Gasteiger partial charge in [0.1, 0.15) is 5.75 Å². The van der Waals surface area contributed by atoms with Crippen molar-refractivity contribution in [2.24, 2.45) is 5.92 Å². The van der Waals surface area contributed by atoms with Gasteiger partial charge < -0.3 is 4.74 Å². The molecule has 1 heterocycles. The molecule has 176 valence electrons. The van der Waals surface area contributed by atoms with E-state index in [-0.39, 0.29) is 6.10 Å². The lowest BCUT2D eigenvalue weighted by molar-refractivity contribution is 0.206. The molecule has 0 radical (unpaired) electrons. The number of hydrogen-bond acceptors (Lipinski definition) is 3. The fraction of sp³-hybridized carbons (Fsp3) is 0.655. The largest absolute Gasteiger partial charge is 0.491 e. The van der Waals surface area contributed by atoms with E-state index < -0.39 is 0 Å². The van der Waals surface area contributed by atoms with Crippen LogP contribution in [-0.2, 0) is 0 Å². The summed E-state index contributed by atoms with van der Waals surface area (Å²) >= 11 is 0. The van der Waals surface area contributed by atoms with Crippen LogP contribution in [0.15, 0.2) is 36.7 Å². The Morgan fingerprint density at radius 2 is 1.69 bits per heavy atom. The van der Waals surface area contributed by atoms with Crippen molar-refractivity contribution in [1.29, 1.82) is 0 Å². The van der Waals surface area contributed by atoms with E-state index in [0.717, 1.165) is 23.7 Å². The third kappa shape index (κ3) is 7.60. The lowest BCUT2D eigenvalue weighted by Gasteiger charge is -2.30. The molecule has 0 spiro atoms. The summed E-state index contributed by atoms with van der Waals surface area (Å²) in [5.74, 6) is 2.55. The van der Waals surface area contributed by atoms with E-state index >= 15 is 0 Å². The molecule has 1 fully saturated rings. The summed E-state index contributed by atoms with van der Waals surface area (Å²) in [5.41, 5.74) is 3.90. The minimum absolute atomic E-state index is 0.250. The van der Waals surface area contributed by atoms with Crippen LogP contribution in [0.1, 0.15) is 116 Å². The van der Waals surface area contributed by atoms with Gasteiger partial charge in [-0.25, -0.2) is 0 Å². The average Bonchev–Trinajstić information content (AvgIpc) is 2.83. The van der Waals surface area contributed by atoms with Gasteiger partial charge in [-0.15, -0.1) is 0 Å². The van der Waals surface area contributed by atoms with Gasteiger partial charge in [-0.2, -0.15) is 10.2 Å². The summed E-state index contributed by atoms with van der Waals surface area (Å²) in [6.45, 7) is 6.76. The molecular weight excluding hydrogens is 392 g/mol. The zero-order valence-corrected chi connectivity index (χ0v) is 20.7. The van der Waals surface area contributed by atoms with Gasteiger partial charge >= 0.3 is 0 Å². The van der Waals surface area contributed by atoms with Gasteiger partial charge in [-0.3, -0.25) is 0 Å². The highest BCUT2D eigenvalue weighted by molar-refractivity contribution is 5.69. The molecule has 0 aliphatic heterocycles. The Morgan fingerprint density at radius 1 is 0.906 bits per heavy atom. The molecule has 0 amide bonds. The van der Waals surface area contributed by atoms with Crippen molar-refractivity contribution in [1.82, 2.24) is 10.2 Å². The van der Waals surface area contributed by atoms with Crippen LogP contribution in [0.4, 0.5) is 0 Å². The van der Waals surface area contributed by atoms with E-state index in [4.69, 9.17) is 4.74 Å². The van der Waals surface area contributed by atoms with Crippen molar-refractivity contribution < 1.29 is 4.74 Å². The summed E-state index contributed by atoms with van der Waals surface area (Å²) in [6, 6.07) is 8.86. The van der Waals surface area contributed by atoms with Crippen LogP contribution in [0, 0.1) is 5.92 Å². The molecule has 1 aliphatic rings. The van der Waals surface area contributed by atoms with Gasteiger partial charge in [0.2, 0.25) is 0 Å². The van der Waals surface area contributed by atoms with Crippen molar-refractivity contribution in [3.63, 3.8) is 0 Å². The summed E-state index contributed by atoms with van der Waals surface area (Å²) in [7, 11) is 0. The van der Waals surface area contributed by atoms with Crippen LogP contribution in [0.5, 0.6) is 5.75 Å². The maximum absolute atomic E-state index is 6.33. The van der Waals surface area contributed by atoms with Crippen LogP contribution >= 0.6 is 0 Å². The number of ether oxygens (including phenoxy) is 1. The molecule has 3 nitrogen and oxygen atoms in total. The highest BCUT2D eigenvalue weighted by Gasteiger charge is 2.24. The number of benzene rings is 1. The fourth-order valence-corrected chi connectivity index (χ4v) is 5.26. The second-order valence-corrected chi connectivity index (χ2v) is 9.87. The molecule has 3 rings (SSSR count). The lowest BCUT2D eigenvalue weighted by Crippen LogP contribution is -2.15. The van der Waals surface area contributed by atoms with E-state index in [2.05, 4.69) is 55.2 Å². The predicted molar refractivity (Wildman–Crippen MR) is 135 cm³/mol. The van der Waals surface area contributed by atoms with Crippen LogP contribution in [0.3, 0.4) is 0 Å². The lowest BCUT2D eigenvalue weighted by atomic mass is 9.75. The predicted octanol–water partition coefficient (Wildman–Crippen LogP) is 8.74. The monoisotopic (exact) mass is 436 g/mol. The van der Waals surface area contributed by atoms with E-state index in [9.17, 15) is 0 Å². The molecule has 2 aromatic rings. The van der Waals surface area contributed by atoms with E-state index in [1.165, 1.54) is 88.2 Å². The Kier molecular flexibility index (Phi) is 10.5. The van der Waals surface area contributed by atoms with Crippen LogP contribution < -0.4 is 4.74 Å². The zero-order chi connectivity index (χ0) is 22.6. The van der Waals surface area contributed by atoms with E-state index in [1.807, 2.05) is 6.20 Å². The van der Waals surface area contributed by atoms with Crippen LogP contribution in [-0.4, -0.2) is 16.3 Å².